The van der Waals surface area contributed by atoms with Crippen LogP contribution in [0.15, 0.2) is 48.7 Å². The highest BCUT2D eigenvalue weighted by Crippen LogP contribution is 2.33. The van der Waals surface area contributed by atoms with E-state index in [0.29, 0.717) is 53.1 Å². The number of nitrogens with zero attached hydrogens (tertiary/aromatic N) is 6. The van der Waals surface area contributed by atoms with Gasteiger partial charge in [0, 0.05) is 44.6 Å². The molecule has 2 aliphatic rings. The maximum Gasteiger partial charge on any atom is 0.407 e. The van der Waals surface area contributed by atoms with E-state index in [1.807, 2.05) is 22.9 Å². The fraction of sp³-hybridized carbons (Fsp3) is 0.280. The van der Waals surface area contributed by atoms with Crippen LogP contribution < -0.4 is 20.0 Å². The number of anilines is 5. The SMILES string of the molecule is CC1CN(c2ccc(Nc3ncc4c(n3)N(C)CN(c3ccccc3Cl)C4=O)cc2F)CCN1C(=O)O. The lowest BCUT2D eigenvalue weighted by molar-refractivity contribution is 0.0981. The van der Waals surface area contributed by atoms with Gasteiger partial charge in [0.2, 0.25) is 5.95 Å². The second-order valence-corrected chi connectivity index (χ2v) is 9.42. The van der Waals surface area contributed by atoms with Crippen LogP contribution in [0.25, 0.3) is 0 Å². The van der Waals surface area contributed by atoms with Gasteiger partial charge in [-0.15, -0.1) is 0 Å². The van der Waals surface area contributed by atoms with E-state index in [9.17, 15) is 14.7 Å². The number of piperazine rings is 1. The predicted octanol–water partition coefficient (Wildman–Crippen LogP) is 4.26. The lowest BCUT2D eigenvalue weighted by Gasteiger charge is -2.39. The average Bonchev–Trinajstić information content (AvgIpc) is 2.86. The smallest absolute Gasteiger partial charge is 0.407 e. The van der Waals surface area contributed by atoms with Crippen LogP contribution in [-0.4, -0.2) is 71.4 Å². The van der Waals surface area contributed by atoms with Crippen LogP contribution in [0, 0.1) is 5.82 Å². The molecule has 1 aromatic heterocycles. The van der Waals surface area contributed by atoms with Crippen molar-refractivity contribution in [1.29, 1.82) is 0 Å². The molecule has 3 aromatic rings. The first-order valence-corrected chi connectivity index (χ1v) is 12.1. The Kier molecular flexibility index (Phi) is 6.46. The molecule has 192 valence electrons. The minimum absolute atomic E-state index is 0.223. The molecule has 0 bridgehead atoms. The number of carbonyl (C=O) groups excluding carboxylic acids is 1. The number of nitrogens with one attached hydrogen (secondary N) is 1. The Hall–Kier alpha value is -4.12. The van der Waals surface area contributed by atoms with Crippen LogP contribution in [0.2, 0.25) is 5.02 Å². The van der Waals surface area contributed by atoms with Gasteiger partial charge in [0.15, 0.2) is 0 Å². The monoisotopic (exact) mass is 525 g/mol. The summed E-state index contributed by atoms with van der Waals surface area (Å²) in [4.78, 5) is 39.8. The van der Waals surface area contributed by atoms with E-state index < -0.39 is 11.9 Å². The third kappa shape index (κ3) is 4.69. The number of hydrogen-bond donors (Lipinski definition) is 2. The van der Waals surface area contributed by atoms with Crippen molar-refractivity contribution in [1.82, 2.24) is 14.9 Å². The summed E-state index contributed by atoms with van der Waals surface area (Å²) < 4.78 is 15.0. The quantitative estimate of drug-likeness (QED) is 0.521. The third-order valence-electron chi connectivity index (χ3n) is 6.52. The highest BCUT2D eigenvalue weighted by atomic mass is 35.5. The molecule has 0 radical (unpaired) electrons. The normalized spacial score (nSPS) is 17.6. The minimum atomic E-state index is -0.971. The number of carbonyl (C=O) groups is 2. The van der Waals surface area contributed by atoms with Crippen LogP contribution >= 0.6 is 11.6 Å². The van der Waals surface area contributed by atoms with Gasteiger partial charge in [-0.25, -0.2) is 14.2 Å². The van der Waals surface area contributed by atoms with Crippen LogP contribution in [0.5, 0.6) is 0 Å². The van der Waals surface area contributed by atoms with Crippen molar-refractivity contribution < 1.29 is 19.1 Å². The summed E-state index contributed by atoms with van der Waals surface area (Å²) in [5.41, 5.74) is 1.78. The van der Waals surface area contributed by atoms with Crippen molar-refractivity contribution in [2.24, 2.45) is 0 Å². The molecule has 1 unspecified atom stereocenters. The van der Waals surface area contributed by atoms with Crippen molar-refractivity contribution in [3.8, 4) is 0 Å². The molecule has 1 atom stereocenters. The van der Waals surface area contributed by atoms with E-state index >= 15 is 4.39 Å². The van der Waals surface area contributed by atoms with E-state index in [2.05, 4.69) is 15.3 Å². The molecule has 0 spiro atoms. The molecule has 2 aromatic carbocycles. The van der Waals surface area contributed by atoms with Gasteiger partial charge in [-0.2, -0.15) is 4.98 Å². The van der Waals surface area contributed by atoms with Crippen LogP contribution in [-0.2, 0) is 0 Å². The average molecular weight is 526 g/mol. The number of rotatable bonds is 4. The molecule has 2 N–H and O–H groups in total. The maximum absolute atomic E-state index is 15.0. The molecule has 2 aliphatic heterocycles. The topological polar surface area (TPSA) is 105 Å². The van der Waals surface area contributed by atoms with E-state index in [4.69, 9.17) is 11.6 Å². The van der Waals surface area contributed by atoms with Gasteiger partial charge in [0.25, 0.3) is 5.91 Å². The maximum atomic E-state index is 15.0. The summed E-state index contributed by atoms with van der Waals surface area (Å²) in [6, 6.07) is 11.6. The van der Waals surface area contributed by atoms with Gasteiger partial charge in [-0.1, -0.05) is 23.7 Å². The fourth-order valence-electron chi connectivity index (χ4n) is 4.65. The summed E-state index contributed by atoms with van der Waals surface area (Å²) in [6.45, 7) is 3.16. The van der Waals surface area contributed by atoms with E-state index in [-0.39, 0.29) is 24.6 Å². The van der Waals surface area contributed by atoms with Crippen molar-refractivity contribution in [3.63, 3.8) is 0 Å². The molecule has 2 amide bonds. The molecule has 0 saturated carbocycles. The van der Waals surface area contributed by atoms with Crippen molar-refractivity contribution >= 4 is 52.4 Å². The number of benzene rings is 2. The van der Waals surface area contributed by atoms with Crippen LogP contribution in [0.1, 0.15) is 17.3 Å². The van der Waals surface area contributed by atoms with Gasteiger partial charge in [-0.05, 0) is 37.3 Å². The molecular weight excluding hydrogens is 501 g/mol. The van der Waals surface area contributed by atoms with Gasteiger partial charge in [-0.3, -0.25) is 9.69 Å². The van der Waals surface area contributed by atoms with Crippen LogP contribution in [0.3, 0.4) is 0 Å². The molecule has 37 heavy (non-hydrogen) atoms. The number of amides is 2. The molecular formula is C25H25ClFN7O3. The lowest BCUT2D eigenvalue weighted by atomic mass is 10.1. The van der Waals surface area contributed by atoms with Crippen LogP contribution in [0.4, 0.5) is 38.0 Å². The van der Waals surface area contributed by atoms with Crippen molar-refractivity contribution in [2.45, 2.75) is 13.0 Å². The summed E-state index contributed by atoms with van der Waals surface area (Å²) in [7, 11) is 1.81. The zero-order chi connectivity index (χ0) is 26.3. The van der Waals surface area contributed by atoms with Crippen molar-refractivity contribution in [2.75, 3.05) is 53.4 Å². The van der Waals surface area contributed by atoms with Crippen molar-refractivity contribution in [3.05, 3.63) is 65.1 Å². The second-order valence-electron chi connectivity index (χ2n) is 9.02. The van der Waals surface area contributed by atoms with Gasteiger partial charge < -0.3 is 25.1 Å². The van der Waals surface area contributed by atoms with Gasteiger partial charge in [0.05, 0.1) is 23.1 Å². The number of carboxylic acid groups (broad SMARTS) is 1. The predicted molar refractivity (Wildman–Crippen MR) is 140 cm³/mol. The number of fused-ring (bicyclic) bond motifs is 1. The lowest BCUT2D eigenvalue weighted by Crippen LogP contribution is -2.53. The van der Waals surface area contributed by atoms with Gasteiger partial charge in [0.1, 0.15) is 17.2 Å². The van der Waals surface area contributed by atoms with E-state index in [1.165, 1.54) is 17.2 Å². The number of aromatic nitrogens is 2. The molecule has 0 aliphatic carbocycles. The minimum Gasteiger partial charge on any atom is -0.465 e. The Morgan fingerprint density at radius 2 is 1.97 bits per heavy atom. The third-order valence-corrected chi connectivity index (χ3v) is 6.84. The highest BCUT2D eigenvalue weighted by Gasteiger charge is 2.32. The standard InChI is InChI=1S/C25H25ClFN7O3/c1-15-13-32(9-10-33(15)25(36)37)21-8-7-16(11-19(21)27)29-24-28-12-17-22(30-24)31(2)14-34(23(17)35)20-6-4-3-5-18(20)26/h3-8,11-12,15H,9-10,13-14H2,1-2H3,(H,36,37)(H,28,29,30). The Labute approximate surface area is 217 Å². The Morgan fingerprint density at radius 3 is 2.68 bits per heavy atom. The summed E-state index contributed by atoms with van der Waals surface area (Å²) in [5, 5.41) is 12.7. The molecule has 1 saturated heterocycles. The number of hydrogen-bond acceptors (Lipinski definition) is 7. The Morgan fingerprint density at radius 1 is 1.19 bits per heavy atom. The molecule has 3 heterocycles. The summed E-state index contributed by atoms with van der Waals surface area (Å²) in [6.07, 6.45) is 0.474. The van der Waals surface area contributed by atoms with E-state index in [1.54, 1.807) is 42.2 Å². The molecule has 5 rings (SSSR count). The highest BCUT2D eigenvalue weighted by molar-refractivity contribution is 6.34. The largest absolute Gasteiger partial charge is 0.465 e. The summed E-state index contributed by atoms with van der Waals surface area (Å²) in [5.74, 6) is -0.0318. The number of halogens is 2. The number of para-hydroxylation sites is 1. The first-order valence-electron chi connectivity index (χ1n) is 11.7. The molecule has 10 nitrogen and oxygen atoms in total. The summed E-state index contributed by atoms with van der Waals surface area (Å²) >= 11 is 6.30. The Bertz CT molecular complexity index is 1370. The van der Waals surface area contributed by atoms with E-state index in [0.717, 1.165) is 0 Å². The zero-order valence-corrected chi connectivity index (χ0v) is 21.0. The Balaban J connectivity index is 1.33. The first kappa shape index (κ1) is 24.6. The van der Waals surface area contributed by atoms with Gasteiger partial charge >= 0.3 is 6.09 Å². The molecule has 1 fully saturated rings. The fourth-order valence-corrected chi connectivity index (χ4v) is 4.89. The first-order chi connectivity index (χ1) is 17.7. The molecule has 12 heteroatoms. The second kappa shape index (κ2) is 9.74. The zero-order valence-electron chi connectivity index (χ0n) is 20.2.